The molecule has 5 nitrogen and oxygen atoms in total. The number of aromatic nitrogens is 1. The maximum atomic E-state index is 13.7. The lowest BCUT2D eigenvalue weighted by molar-refractivity contribution is -0.120. The number of nitrogens with one attached hydrogen (secondary N) is 1. The number of thiophene rings is 1. The Labute approximate surface area is 197 Å². The number of nitrogens with zero attached hydrogens (tertiary/aromatic N) is 2. The summed E-state index contributed by atoms with van der Waals surface area (Å²) in [5, 5.41) is 5.12. The van der Waals surface area contributed by atoms with Crippen molar-refractivity contribution < 1.29 is 9.59 Å². The van der Waals surface area contributed by atoms with Crippen molar-refractivity contribution in [3.05, 3.63) is 70.6 Å². The fourth-order valence-corrected chi connectivity index (χ4v) is 5.57. The fourth-order valence-electron chi connectivity index (χ4n) is 4.61. The second-order valence-electron chi connectivity index (χ2n) is 8.92. The zero-order chi connectivity index (χ0) is 22.9. The zero-order valence-electron chi connectivity index (χ0n) is 18.9. The smallest absolute Gasteiger partial charge is 0.268 e. The molecule has 0 atom stereocenters. The topological polar surface area (TPSA) is 62.3 Å². The van der Waals surface area contributed by atoms with E-state index in [0.717, 1.165) is 63.6 Å². The number of anilines is 1. The summed E-state index contributed by atoms with van der Waals surface area (Å²) in [5.74, 6) is -0.289. The third kappa shape index (κ3) is 4.48. The van der Waals surface area contributed by atoms with Gasteiger partial charge in [0.25, 0.3) is 5.91 Å². The predicted octanol–water partition coefficient (Wildman–Crippen LogP) is 5.77. The van der Waals surface area contributed by atoms with E-state index < -0.39 is 0 Å². The molecule has 0 aliphatic heterocycles. The van der Waals surface area contributed by atoms with Gasteiger partial charge in [0.1, 0.15) is 11.4 Å². The van der Waals surface area contributed by atoms with E-state index in [1.165, 1.54) is 11.3 Å². The van der Waals surface area contributed by atoms with Gasteiger partial charge in [-0.25, -0.2) is 4.98 Å². The van der Waals surface area contributed by atoms with Crippen LogP contribution in [-0.4, -0.2) is 29.4 Å². The van der Waals surface area contributed by atoms with Crippen molar-refractivity contribution >= 4 is 50.0 Å². The Morgan fingerprint density at radius 2 is 1.82 bits per heavy atom. The summed E-state index contributed by atoms with van der Waals surface area (Å²) in [4.78, 5) is 34.4. The van der Waals surface area contributed by atoms with Crippen LogP contribution in [0.3, 0.4) is 0 Å². The quantitative estimate of drug-likeness (QED) is 0.414. The highest BCUT2D eigenvalue weighted by Gasteiger charge is 2.25. The Hall–Kier alpha value is -3.25. The Kier molecular flexibility index (Phi) is 5.85. The summed E-state index contributed by atoms with van der Waals surface area (Å²) < 4.78 is 0. The Morgan fingerprint density at radius 3 is 2.61 bits per heavy atom. The molecule has 2 amide bonds. The number of fused-ring (bicyclic) bond motifs is 2. The first kappa shape index (κ1) is 21.6. The van der Waals surface area contributed by atoms with Crippen molar-refractivity contribution in [1.82, 2.24) is 10.3 Å². The van der Waals surface area contributed by atoms with Crippen molar-refractivity contribution in [2.24, 2.45) is 0 Å². The number of amides is 2. The van der Waals surface area contributed by atoms with E-state index in [-0.39, 0.29) is 24.4 Å². The number of para-hydroxylation sites is 1. The summed E-state index contributed by atoms with van der Waals surface area (Å²) in [5.41, 5.74) is 3.84. The van der Waals surface area contributed by atoms with Crippen LogP contribution in [-0.2, 0) is 4.79 Å². The molecule has 6 heteroatoms. The van der Waals surface area contributed by atoms with E-state index >= 15 is 0 Å². The molecule has 2 aromatic carbocycles. The van der Waals surface area contributed by atoms with Gasteiger partial charge in [-0.1, -0.05) is 43.2 Å². The van der Waals surface area contributed by atoms with Gasteiger partial charge in [-0.15, -0.1) is 11.3 Å². The van der Waals surface area contributed by atoms with Crippen molar-refractivity contribution in [3.8, 4) is 0 Å². The molecule has 0 unspecified atom stereocenters. The number of benzene rings is 2. The number of carbonyl (C=O) groups is 2. The van der Waals surface area contributed by atoms with Crippen LogP contribution in [0.15, 0.2) is 54.6 Å². The summed E-state index contributed by atoms with van der Waals surface area (Å²) in [6.07, 6.45) is 4.32. The normalized spacial score (nSPS) is 14.1. The first-order valence-corrected chi connectivity index (χ1v) is 12.3. The third-order valence-corrected chi connectivity index (χ3v) is 7.36. The molecule has 168 valence electrons. The van der Waals surface area contributed by atoms with Gasteiger partial charge in [0, 0.05) is 22.5 Å². The minimum atomic E-state index is -0.175. The first-order valence-electron chi connectivity index (χ1n) is 11.5. The van der Waals surface area contributed by atoms with Gasteiger partial charge in [0.05, 0.1) is 10.4 Å². The first-order chi connectivity index (χ1) is 16.0. The maximum Gasteiger partial charge on any atom is 0.268 e. The van der Waals surface area contributed by atoms with Crippen LogP contribution in [0.4, 0.5) is 5.69 Å². The minimum Gasteiger partial charge on any atom is -0.352 e. The number of hydrogen-bond acceptors (Lipinski definition) is 4. The second-order valence-corrected chi connectivity index (χ2v) is 9.95. The molecule has 5 rings (SSSR count). The third-order valence-electron chi connectivity index (χ3n) is 6.32. The Balaban J connectivity index is 1.49. The molecule has 0 radical (unpaired) electrons. The highest BCUT2D eigenvalue weighted by molar-refractivity contribution is 7.20. The molecule has 1 fully saturated rings. The highest BCUT2D eigenvalue weighted by atomic mass is 32.1. The molecule has 0 bridgehead atoms. The van der Waals surface area contributed by atoms with E-state index in [0.29, 0.717) is 4.88 Å². The van der Waals surface area contributed by atoms with E-state index in [4.69, 9.17) is 4.98 Å². The molecule has 1 saturated carbocycles. The van der Waals surface area contributed by atoms with Gasteiger partial charge >= 0.3 is 0 Å². The van der Waals surface area contributed by atoms with Gasteiger partial charge in [-0.2, -0.15) is 0 Å². The van der Waals surface area contributed by atoms with Crippen LogP contribution in [0.25, 0.3) is 21.1 Å². The van der Waals surface area contributed by atoms with Crippen molar-refractivity contribution in [2.45, 2.75) is 45.6 Å². The summed E-state index contributed by atoms with van der Waals surface area (Å²) in [7, 11) is 0. The lowest BCUT2D eigenvalue weighted by Crippen LogP contribution is -2.43. The van der Waals surface area contributed by atoms with E-state index in [2.05, 4.69) is 11.4 Å². The van der Waals surface area contributed by atoms with Gasteiger partial charge in [-0.05, 0) is 62.1 Å². The molecule has 0 saturated heterocycles. The van der Waals surface area contributed by atoms with Crippen LogP contribution in [0.5, 0.6) is 0 Å². The van der Waals surface area contributed by atoms with Crippen molar-refractivity contribution in [3.63, 3.8) is 0 Å². The molecule has 33 heavy (non-hydrogen) atoms. The van der Waals surface area contributed by atoms with Gasteiger partial charge in [-0.3, -0.25) is 14.5 Å². The number of aryl methyl sites for hydroxylation is 2. The Bertz CT molecular complexity index is 1350. The predicted molar refractivity (Wildman–Crippen MR) is 135 cm³/mol. The maximum absolute atomic E-state index is 13.7. The van der Waals surface area contributed by atoms with Crippen LogP contribution in [0.1, 0.15) is 46.5 Å². The average Bonchev–Trinajstić information content (AvgIpc) is 3.45. The number of pyridine rings is 1. The van der Waals surface area contributed by atoms with Crippen LogP contribution >= 0.6 is 11.3 Å². The lowest BCUT2D eigenvalue weighted by Gasteiger charge is -2.23. The van der Waals surface area contributed by atoms with Gasteiger partial charge in [0.2, 0.25) is 5.91 Å². The molecule has 4 aromatic rings. The SMILES string of the molecule is Cc1cccc(N(CC(=O)NC2CCCC2)C(=O)c2cc3cc4cccc(C)c4nc3s2)c1. The number of hydrogen-bond donors (Lipinski definition) is 1. The summed E-state index contributed by atoms with van der Waals surface area (Å²) in [6.45, 7) is 4.03. The van der Waals surface area contributed by atoms with Gasteiger partial charge in [0.15, 0.2) is 0 Å². The molecular weight excluding hydrogens is 430 g/mol. The van der Waals surface area contributed by atoms with E-state index in [1.54, 1.807) is 4.90 Å². The van der Waals surface area contributed by atoms with Crippen LogP contribution in [0, 0.1) is 13.8 Å². The van der Waals surface area contributed by atoms with Crippen molar-refractivity contribution in [2.75, 3.05) is 11.4 Å². The average molecular weight is 458 g/mol. The Morgan fingerprint density at radius 1 is 1.03 bits per heavy atom. The summed E-state index contributed by atoms with van der Waals surface area (Å²) >= 11 is 1.38. The largest absolute Gasteiger partial charge is 0.352 e. The van der Waals surface area contributed by atoms with Gasteiger partial charge < -0.3 is 5.32 Å². The number of rotatable bonds is 5. The molecule has 1 N–H and O–H groups in total. The molecule has 1 aliphatic rings. The highest BCUT2D eigenvalue weighted by Crippen LogP contribution is 2.30. The second kappa shape index (κ2) is 8.94. The number of carbonyl (C=O) groups excluding carboxylic acids is 2. The zero-order valence-corrected chi connectivity index (χ0v) is 19.7. The molecular formula is C27H27N3O2S. The standard InChI is InChI=1S/C27H27N3O2S/c1-17-7-5-12-22(13-17)30(16-24(31)28-21-10-3-4-11-21)27(32)23-15-20-14-19-9-6-8-18(2)25(19)29-26(20)33-23/h5-9,12-15,21H,3-4,10-11,16H2,1-2H3,(H,28,31). The van der Waals surface area contributed by atoms with Crippen molar-refractivity contribution in [1.29, 1.82) is 0 Å². The van der Waals surface area contributed by atoms with Crippen LogP contribution in [0.2, 0.25) is 0 Å². The minimum absolute atomic E-state index is 0.00153. The molecule has 2 heterocycles. The van der Waals surface area contributed by atoms with Crippen LogP contribution < -0.4 is 10.2 Å². The lowest BCUT2D eigenvalue weighted by atomic mass is 10.1. The monoisotopic (exact) mass is 457 g/mol. The van der Waals surface area contributed by atoms with E-state index in [9.17, 15) is 9.59 Å². The molecule has 1 aliphatic carbocycles. The molecule has 2 aromatic heterocycles. The summed E-state index contributed by atoms with van der Waals surface area (Å²) in [6, 6.07) is 18.0. The van der Waals surface area contributed by atoms with E-state index in [1.807, 2.05) is 62.4 Å². The fraction of sp³-hybridized carbons (Fsp3) is 0.296. The molecule has 0 spiro atoms.